The van der Waals surface area contributed by atoms with Crippen molar-refractivity contribution in [3.05, 3.63) is 47.7 Å². The fourth-order valence-corrected chi connectivity index (χ4v) is 1.55. The zero-order chi connectivity index (χ0) is 10.8. The lowest BCUT2D eigenvalue weighted by Crippen LogP contribution is -2.30. The Hall–Kier alpha value is -1.90. The van der Waals surface area contributed by atoms with Gasteiger partial charge < -0.3 is 5.73 Å². The van der Waals surface area contributed by atoms with Crippen molar-refractivity contribution >= 4 is 11.4 Å². The van der Waals surface area contributed by atoms with Gasteiger partial charge in [0, 0.05) is 18.9 Å². The first-order valence-corrected chi connectivity index (χ1v) is 4.91. The fraction of sp³-hybridized carbons (Fsp3) is 0.167. The number of nitrogens with zero attached hydrogens (tertiary/aromatic N) is 1. The van der Waals surface area contributed by atoms with E-state index in [0.717, 1.165) is 16.9 Å². The van der Waals surface area contributed by atoms with Crippen molar-refractivity contribution in [1.82, 2.24) is 10.4 Å². The molecule has 0 fully saturated rings. The van der Waals surface area contributed by atoms with Crippen LogP contribution in [0, 0.1) is 0 Å². The van der Waals surface area contributed by atoms with E-state index in [2.05, 4.69) is 18.4 Å². The topological polar surface area (TPSA) is 41.3 Å². The summed E-state index contributed by atoms with van der Waals surface area (Å²) in [6, 6.07) is 7.87. The monoisotopic (exact) mass is 201 g/mol. The van der Waals surface area contributed by atoms with Gasteiger partial charge >= 0.3 is 0 Å². The highest BCUT2D eigenvalue weighted by Gasteiger charge is 2.08. The Kier molecular flexibility index (Phi) is 2.37. The van der Waals surface area contributed by atoms with E-state index < -0.39 is 0 Å². The van der Waals surface area contributed by atoms with Gasteiger partial charge in [-0.25, -0.2) is 0 Å². The van der Waals surface area contributed by atoms with Gasteiger partial charge in [-0.05, 0) is 36.3 Å². The Balaban J connectivity index is 2.38. The SMILES string of the molecule is CC1=C(c2ccc(N)cc2)NN(C)C=C1. The molecule has 1 aliphatic heterocycles. The maximum absolute atomic E-state index is 5.66. The van der Waals surface area contributed by atoms with Crippen molar-refractivity contribution in [2.75, 3.05) is 12.8 Å². The molecule has 3 N–H and O–H groups in total. The first kappa shape index (κ1) is 9.65. The molecule has 0 unspecified atom stereocenters. The number of hydrazine groups is 1. The first-order chi connectivity index (χ1) is 7.16. The molecule has 3 heteroatoms. The van der Waals surface area contributed by atoms with Gasteiger partial charge in [0.1, 0.15) is 0 Å². The van der Waals surface area contributed by atoms with Crippen LogP contribution in [0.25, 0.3) is 5.70 Å². The van der Waals surface area contributed by atoms with Crippen LogP contribution in [0.5, 0.6) is 0 Å². The molecule has 0 radical (unpaired) electrons. The van der Waals surface area contributed by atoms with Crippen LogP contribution in [0.2, 0.25) is 0 Å². The molecule has 1 aromatic rings. The van der Waals surface area contributed by atoms with Crippen LogP contribution >= 0.6 is 0 Å². The lowest BCUT2D eigenvalue weighted by atomic mass is 10.1. The summed E-state index contributed by atoms with van der Waals surface area (Å²) in [5.74, 6) is 0. The van der Waals surface area contributed by atoms with Gasteiger partial charge in [0.2, 0.25) is 0 Å². The molecule has 0 amide bonds. The van der Waals surface area contributed by atoms with Gasteiger partial charge in [0.15, 0.2) is 0 Å². The smallest absolute Gasteiger partial charge is 0.0643 e. The highest BCUT2D eigenvalue weighted by Crippen LogP contribution is 2.20. The van der Waals surface area contributed by atoms with Gasteiger partial charge in [-0.2, -0.15) is 0 Å². The lowest BCUT2D eigenvalue weighted by Gasteiger charge is -2.25. The third-order valence-corrected chi connectivity index (χ3v) is 2.43. The predicted octanol–water partition coefficient (Wildman–Crippen LogP) is 1.96. The molecule has 78 valence electrons. The Morgan fingerprint density at radius 3 is 2.53 bits per heavy atom. The minimum Gasteiger partial charge on any atom is -0.399 e. The van der Waals surface area contributed by atoms with Crippen LogP contribution in [-0.4, -0.2) is 12.1 Å². The molecule has 0 aliphatic carbocycles. The molecule has 0 aromatic heterocycles. The lowest BCUT2D eigenvalue weighted by molar-refractivity contribution is 0.391. The summed E-state index contributed by atoms with van der Waals surface area (Å²) >= 11 is 0. The second-order valence-corrected chi connectivity index (χ2v) is 3.72. The van der Waals surface area contributed by atoms with Crippen LogP contribution < -0.4 is 11.2 Å². The number of nitrogens with one attached hydrogen (secondary N) is 1. The Morgan fingerprint density at radius 2 is 1.87 bits per heavy atom. The average Bonchev–Trinajstić information content (AvgIpc) is 2.23. The number of hydrogen-bond acceptors (Lipinski definition) is 3. The number of nitrogens with two attached hydrogens (primary N) is 1. The second kappa shape index (κ2) is 3.69. The third-order valence-electron chi connectivity index (χ3n) is 2.43. The molecule has 15 heavy (non-hydrogen) atoms. The largest absolute Gasteiger partial charge is 0.399 e. The van der Waals surface area contributed by atoms with Gasteiger partial charge in [-0.15, -0.1) is 0 Å². The molecule has 0 spiro atoms. The first-order valence-electron chi connectivity index (χ1n) is 4.91. The Morgan fingerprint density at radius 1 is 1.20 bits per heavy atom. The van der Waals surface area contributed by atoms with E-state index in [4.69, 9.17) is 5.73 Å². The Bertz CT molecular complexity index is 415. The van der Waals surface area contributed by atoms with Gasteiger partial charge in [0.05, 0.1) is 5.70 Å². The number of nitrogen functional groups attached to an aromatic ring is 1. The molecular formula is C12H15N3. The van der Waals surface area contributed by atoms with Crippen molar-refractivity contribution in [2.24, 2.45) is 0 Å². The molecule has 2 rings (SSSR count). The molecule has 3 nitrogen and oxygen atoms in total. The number of hydrogen-bond donors (Lipinski definition) is 2. The second-order valence-electron chi connectivity index (χ2n) is 3.72. The third kappa shape index (κ3) is 1.96. The van der Waals surface area contributed by atoms with Gasteiger partial charge in [-0.1, -0.05) is 12.1 Å². The predicted molar refractivity (Wildman–Crippen MR) is 63.5 cm³/mol. The van der Waals surface area contributed by atoms with E-state index in [0.29, 0.717) is 0 Å². The van der Waals surface area contributed by atoms with E-state index in [9.17, 15) is 0 Å². The highest BCUT2D eigenvalue weighted by atomic mass is 15.5. The molecule has 0 atom stereocenters. The number of anilines is 1. The normalized spacial score (nSPS) is 15.5. The molecule has 0 saturated carbocycles. The van der Waals surface area contributed by atoms with Crippen molar-refractivity contribution in [1.29, 1.82) is 0 Å². The van der Waals surface area contributed by atoms with E-state index >= 15 is 0 Å². The molecule has 1 aromatic carbocycles. The number of allylic oxidation sites excluding steroid dienone is 2. The van der Waals surface area contributed by atoms with Crippen LogP contribution in [0.1, 0.15) is 12.5 Å². The fourth-order valence-electron chi connectivity index (χ4n) is 1.55. The quantitative estimate of drug-likeness (QED) is 0.682. The summed E-state index contributed by atoms with van der Waals surface area (Å²) in [5, 5.41) is 1.93. The minimum absolute atomic E-state index is 0.789. The van der Waals surface area contributed by atoms with Crippen LogP contribution in [-0.2, 0) is 0 Å². The zero-order valence-corrected chi connectivity index (χ0v) is 8.99. The number of benzene rings is 1. The van der Waals surface area contributed by atoms with E-state index in [1.807, 2.05) is 42.5 Å². The van der Waals surface area contributed by atoms with Crippen LogP contribution in [0.3, 0.4) is 0 Å². The molecular weight excluding hydrogens is 186 g/mol. The van der Waals surface area contributed by atoms with Gasteiger partial charge in [0.25, 0.3) is 0 Å². The summed E-state index contributed by atoms with van der Waals surface area (Å²) < 4.78 is 0. The average molecular weight is 201 g/mol. The van der Waals surface area contributed by atoms with Crippen molar-refractivity contribution in [2.45, 2.75) is 6.92 Å². The summed E-state index contributed by atoms with van der Waals surface area (Å²) in [5.41, 5.74) is 13.2. The standard InChI is InChI=1S/C12H15N3/c1-9-7-8-15(2)14-12(9)10-3-5-11(13)6-4-10/h3-8,14H,13H2,1-2H3. The maximum atomic E-state index is 5.66. The summed E-state index contributed by atoms with van der Waals surface area (Å²) in [6.07, 6.45) is 4.08. The number of rotatable bonds is 1. The zero-order valence-electron chi connectivity index (χ0n) is 8.99. The molecule has 0 bridgehead atoms. The van der Waals surface area contributed by atoms with E-state index in [1.165, 1.54) is 5.57 Å². The van der Waals surface area contributed by atoms with Crippen LogP contribution in [0.15, 0.2) is 42.1 Å². The van der Waals surface area contributed by atoms with Crippen molar-refractivity contribution in [3.63, 3.8) is 0 Å². The molecule has 1 heterocycles. The molecule has 0 saturated heterocycles. The van der Waals surface area contributed by atoms with Crippen molar-refractivity contribution < 1.29 is 0 Å². The maximum Gasteiger partial charge on any atom is 0.0643 e. The summed E-state index contributed by atoms with van der Waals surface area (Å²) in [7, 11) is 1.97. The van der Waals surface area contributed by atoms with Gasteiger partial charge in [-0.3, -0.25) is 10.4 Å². The summed E-state index contributed by atoms with van der Waals surface area (Å²) in [4.78, 5) is 0. The Labute approximate surface area is 89.9 Å². The van der Waals surface area contributed by atoms with Crippen molar-refractivity contribution in [3.8, 4) is 0 Å². The van der Waals surface area contributed by atoms with E-state index in [-0.39, 0.29) is 0 Å². The molecule has 1 aliphatic rings. The summed E-state index contributed by atoms with van der Waals surface area (Å²) in [6.45, 7) is 2.09. The van der Waals surface area contributed by atoms with Crippen LogP contribution in [0.4, 0.5) is 5.69 Å². The highest BCUT2D eigenvalue weighted by molar-refractivity contribution is 5.70. The minimum atomic E-state index is 0.789. The van der Waals surface area contributed by atoms with E-state index in [1.54, 1.807) is 0 Å².